The summed E-state index contributed by atoms with van der Waals surface area (Å²) in [6.45, 7) is 3.28. The van der Waals surface area contributed by atoms with Gasteiger partial charge in [-0.25, -0.2) is 4.79 Å². The normalized spacial score (nSPS) is 11.7. The summed E-state index contributed by atoms with van der Waals surface area (Å²) in [5, 5.41) is 16.6. The summed E-state index contributed by atoms with van der Waals surface area (Å²) in [6, 6.07) is 0. The minimum Gasteiger partial charge on any atom is -0.511 e. The maximum atomic E-state index is 10.5. The Balaban J connectivity index is 3.86. The SMILES string of the molecule is CC(C)OC(=O)/C(O)=C/O. The van der Waals surface area contributed by atoms with E-state index in [0.29, 0.717) is 6.26 Å². The molecule has 0 amide bonds. The van der Waals surface area contributed by atoms with Gasteiger partial charge in [-0.15, -0.1) is 0 Å². The van der Waals surface area contributed by atoms with Crippen molar-refractivity contribution >= 4 is 5.97 Å². The van der Waals surface area contributed by atoms with Gasteiger partial charge in [-0.2, -0.15) is 0 Å². The Labute approximate surface area is 58.7 Å². The molecule has 0 aromatic heterocycles. The number of ether oxygens (including phenoxy) is 1. The van der Waals surface area contributed by atoms with Crippen molar-refractivity contribution in [2.24, 2.45) is 0 Å². The third kappa shape index (κ3) is 2.96. The molecular weight excluding hydrogens is 136 g/mol. The van der Waals surface area contributed by atoms with Gasteiger partial charge in [0.2, 0.25) is 5.76 Å². The van der Waals surface area contributed by atoms with Crippen molar-refractivity contribution in [3.05, 3.63) is 12.0 Å². The topological polar surface area (TPSA) is 66.8 Å². The van der Waals surface area contributed by atoms with Crippen LogP contribution >= 0.6 is 0 Å². The molecule has 10 heavy (non-hydrogen) atoms. The van der Waals surface area contributed by atoms with E-state index in [0.717, 1.165) is 0 Å². The second kappa shape index (κ2) is 3.76. The molecule has 0 aromatic rings. The first kappa shape index (κ1) is 8.81. The Hall–Kier alpha value is -1.19. The minimum atomic E-state index is -0.919. The van der Waals surface area contributed by atoms with Gasteiger partial charge in [0.15, 0.2) is 0 Å². The van der Waals surface area contributed by atoms with Crippen LogP contribution < -0.4 is 0 Å². The molecule has 0 saturated carbocycles. The molecule has 0 aromatic carbocycles. The number of hydrogen-bond donors (Lipinski definition) is 2. The molecule has 58 valence electrons. The third-order valence-electron chi connectivity index (χ3n) is 0.674. The van der Waals surface area contributed by atoms with Crippen LogP contribution in [0.4, 0.5) is 0 Å². The predicted molar refractivity (Wildman–Crippen MR) is 34.6 cm³/mol. The van der Waals surface area contributed by atoms with E-state index in [1.165, 1.54) is 0 Å². The number of carbonyl (C=O) groups excluding carboxylic acids is 1. The maximum Gasteiger partial charge on any atom is 0.376 e. The van der Waals surface area contributed by atoms with Crippen LogP contribution in [0.15, 0.2) is 12.0 Å². The van der Waals surface area contributed by atoms with Gasteiger partial charge in [-0.3, -0.25) is 0 Å². The lowest BCUT2D eigenvalue weighted by molar-refractivity contribution is -0.145. The quantitative estimate of drug-likeness (QED) is 0.345. The van der Waals surface area contributed by atoms with E-state index in [4.69, 9.17) is 10.2 Å². The van der Waals surface area contributed by atoms with Crippen molar-refractivity contribution in [1.29, 1.82) is 0 Å². The molecule has 0 saturated heterocycles. The van der Waals surface area contributed by atoms with Crippen LogP contribution in [0.2, 0.25) is 0 Å². The second-order valence-corrected chi connectivity index (χ2v) is 1.97. The van der Waals surface area contributed by atoms with Crippen LogP contribution in [-0.4, -0.2) is 22.3 Å². The van der Waals surface area contributed by atoms with Gasteiger partial charge in [-0.1, -0.05) is 0 Å². The van der Waals surface area contributed by atoms with Gasteiger partial charge in [0.1, 0.15) is 6.26 Å². The van der Waals surface area contributed by atoms with Crippen LogP contribution in [0.5, 0.6) is 0 Å². The summed E-state index contributed by atoms with van der Waals surface area (Å²) >= 11 is 0. The summed E-state index contributed by atoms with van der Waals surface area (Å²) < 4.78 is 4.49. The molecule has 0 aliphatic heterocycles. The van der Waals surface area contributed by atoms with Gasteiger partial charge < -0.3 is 14.9 Å². The van der Waals surface area contributed by atoms with Crippen molar-refractivity contribution < 1.29 is 19.7 Å². The summed E-state index contributed by atoms with van der Waals surface area (Å²) in [6.07, 6.45) is -0.000324. The van der Waals surface area contributed by atoms with Gasteiger partial charge in [-0.05, 0) is 13.8 Å². The molecule has 0 bridgehead atoms. The highest BCUT2D eigenvalue weighted by molar-refractivity contribution is 5.85. The van der Waals surface area contributed by atoms with Crippen molar-refractivity contribution in [3.8, 4) is 0 Å². The summed E-state index contributed by atoms with van der Waals surface area (Å²) in [5.74, 6) is -1.70. The first-order valence-corrected chi connectivity index (χ1v) is 2.82. The number of rotatable bonds is 2. The van der Waals surface area contributed by atoms with Crippen molar-refractivity contribution in [2.75, 3.05) is 0 Å². The van der Waals surface area contributed by atoms with Crippen LogP contribution in [0, 0.1) is 0 Å². The summed E-state index contributed by atoms with van der Waals surface area (Å²) in [7, 11) is 0. The fraction of sp³-hybridized carbons (Fsp3) is 0.500. The van der Waals surface area contributed by atoms with Crippen LogP contribution in [0.25, 0.3) is 0 Å². The molecule has 2 N–H and O–H groups in total. The molecule has 0 heterocycles. The lowest BCUT2D eigenvalue weighted by Crippen LogP contribution is -2.13. The van der Waals surface area contributed by atoms with Gasteiger partial charge in [0, 0.05) is 0 Å². The Morgan fingerprint density at radius 3 is 2.40 bits per heavy atom. The lowest BCUT2D eigenvalue weighted by atomic mass is 10.4. The Bertz CT molecular complexity index is 148. The van der Waals surface area contributed by atoms with Crippen LogP contribution in [0.1, 0.15) is 13.8 Å². The van der Waals surface area contributed by atoms with Crippen LogP contribution in [0.3, 0.4) is 0 Å². The van der Waals surface area contributed by atoms with Crippen molar-refractivity contribution in [2.45, 2.75) is 20.0 Å². The molecule has 0 unspecified atom stereocenters. The fourth-order valence-corrected chi connectivity index (χ4v) is 0.327. The Morgan fingerprint density at radius 1 is 1.60 bits per heavy atom. The Morgan fingerprint density at radius 2 is 2.10 bits per heavy atom. The largest absolute Gasteiger partial charge is 0.511 e. The Kier molecular flexibility index (Phi) is 3.32. The number of hydrogen-bond acceptors (Lipinski definition) is 4. The van der Waals surface area contributed by atoms with E-state index in [1.807, 2.05) is 0 Å². The van der Waals surface area contributed by atoms with E-state index in [9.17, 15) is 4.79 Å². The monoisotopic (exact) mass is 146 g/mol. The lowest BCUT2D eigenvalue weighted by Gasteiger charge is -2.05. The fourth-order valence-electron chi connectivity index (χ4n) is 0.327. The van der Waals surface area contributed by atoms with E-state index in [-0.39, 0.29) is 6.10 Å². The van der Waals surface area contributed by atoms with E-state index >= 15 is 0 Å². The standard InChI is InChI=1S/C6H10O4/c1-4(2)10-6(9)5(8)3-7/h3-4,7-8H,1-2H3/b5-3-. The molecule has 4 heteroatoms. The molecule has 0 radical (unpaired) electrons. The molecular formula is C6H10O4. The van der Waals surface area contributed by atoms with Crippen LogP contribution in [-0.2, 0) is 9.53 Å². The predicted octanol–water partition coefficient (Wildman–Crippen LogP) is 0.895. The second-order valence-electron chi connectivity index (χ2n) is 1.97. The highest BCUT2D eigenvalue weighted by Crippen LogP contribution is 1.95. The summed E-state index contributed by atoms with van der Waals surface area (Å²) in [4.78, 5) is 10.5. The van der Waals surface area contributed by atoms with E-state index < -0.39 is 11.7 Å². The first-order valence-electron chi connectivity index (χ1n) is 2.82. The smallest absolute Gasteiger partial charge is 0.376 e. The third-order valence-corrected chi connectivity index (χ3v) is 0.674. The van der Waals surface area contributed by atoms with Gasteiger partial charge in [0.25, 0.3) is 0 Å². The van der Waals surface area contributed by atoms with Crippen molar-refractivity contribution in [3.63, 3.8) is 0 Å². The molecule has 0 spiro atoms. The highest BCUT2D eigenvalue weighted by atomic mass is 16.6. The minimum absolute atomic E-state index is 0.296. The maximum absolute atomic E-state index is 10.5. The molecule has 0 aliphatic carbocycles. The molecule has 0 atom stereocenters. The van der Waals surface area contributed by atoms with E-state index in [2.05, 4.69) is 4.74 Å². The van der Waals surface area contributed by atoms with Gasteiger partial charge in [0.05, 0.1) is 6.10 Å². The molecule has 0 rings (SSSR count). The molecule has 0 aliphatic rings. The average molecular weight is 146 g/mol. The number of aliphatic hydroxyl groups excluding tert-OH is 2. The molecule has 4 nitrogen and oxygen atoms in total. The van der Waals surface area contributed by atoms with Gasteiger partial charge >= 0.3 is 5.97 Å². The first-order chi connectivity index (χ1) is 4.57. The number of carbonyl (C=O) groups is 1. The summed E-state index contributed by atoms with van der Waals surface area (Å²) in [5.41, 5.74) is 0. The molecule has 0 fully saturated rings. The van der Waals surface area contributed by atoms with Crippen molar-refractivity contribution in [1.82, 2.24) is 0 Å². The average Bonchev–Trinajstić information content (AvgIpc) is 1.85. The highest BCUT2D eigenvalue weighted by Gasteiger charge is 2.09. The zero-order valence-corrected chi connectivity index (χ0v) is 5.87. The number of esters is 1. The zero-order valence-electron chi connectivity index (χ0n) is 5.87. The zero-order chi connectivity index (χ0) is 8.15. The number of aliphatic hydroxyl groups is 2. The van der Waals surface area contributed by atoms with E-state index in [1.54, 1.807) is 13.8 Å².